The topological polar surface area (TPSA) is 81.4 Å². The van der Waals surface area contributed by atoms with Gasteiger partial charge in [-0.15, -0.1) is 0 Å². The van der Waals surface area contributed by atoms with Crippen LogP contribution in [0.3, 0.4) is 0 Å². The summed E-state index contributed by atoms with van der Waals surface area (Å²) < 4.78 is 5.50. The Morgan fingerprint density at radius 2 is 1.95 bits per heavy atom. The number of anilines is 1. The van der Waals surface area contributed by atoms with Crippen molar-refractivity contribution >= 4 is 17.5 Å². The Kier molecular flexibility index (Phi) is 3.31. The summed E-state index contributed by atoms with van der Waals surface area (Å²) in [5.74, 6) is -0.302. The normalized spacial score (nSPS) is 15.9. The molecule has 1 atom stereocenters. The molecule has 3 rings (SSSR count). The summed E-state index contributed by atoms with van der Waals surface area (Å²) >= 11 is 0. The van der Waals surface area contributed by atoms with Crippen LogP contribution in [0, 0.1) is 0 Å². The summed E-state index contributed by atoms with van der Waals surface area (Å²) in [7, 11) is 0. The van der Waals surface area contributed by atoms with Gasteiger partial charge in [0.25, 0.3) is 0 Å². The molecule has 0 spiro atoms. The van der Waals surface area contributed by atoms with Gasteiger partial charge in [0.1, 0.15) is 18.3 Å². The number of amides is 2. The number of benzene rings is 2. The lowest BCUT2D eigenvalue weighted by Gasteiger charge is -2.10. The van der Waals surface area contributed by atoms with Crippen LogP contribution in [-0.2, 0) is 4.79 Å². The largest absolute Gasteiger partial charge is 0.492 e. The Morgan fingerprint density at radius 1 is 1.14 bits per heavy atom. The van der Waals surface area contributed by atoms with E-state index in [0.717, 1.165) is 11.3 Å². The third-order valence-electron chi connectivity index (χ3n) is 3.43. The van der Waals surface area contributed by atoms with Crippen LogP contribution < -0.4 is 15.8 Å². The predicted molar refractivity (Wildman–Crippen MR) is 78.3 cm³/mol. The van der Waals surface area contributed by atoms with Gasteiger partial charge in [0.2, 0.25) is 11.8 Å². The van der Waals surface area contributed by atoms with Crippen molar-refractivity contribution in [1.29, 1.82) is 0 Å². The van der Waals surface area contributed by atoms with E-state index in [1.54, 1.807) is 24.3 Å². The van der Waals surface area contributed by atoms with Gasteiger partial charge >= 0.3 is 0 Å². The van der Waals surface area contributed by atoms with Gasteiger partial charge in [0.05, 0.1) is 0 Å². The van der Waals surface area contributed by atoms with Crippen LogP contribution in [0.15, 0.2) is 48.5 Å². The number of hydrogen-bond acceptors (Lipinski definition) is 3. The van der Waals surface area contributed by atoms with Gasteiger partial charge in [0, 0.05) is 16.8 Å². The van der Waals surface area contributed by atoms with Crippen molar-refractivity contribution < 1.29 is 14.3 Å². The number of nitrogens with two attached hydrogens (primary N) is 1. The van der Waals surface area contributed by atoms with Crippen molar-refractivity contribution in [1.82, 2.24) is 0 Å². The standard InChI is InChI=1S/C16H14N2O3/c17-15(19)10-4-3-5-11(8-10)18-16(20)13-9-21-14-7-2-1-6-12(13)14/h1-8,13H,9H2,(H2,17,19)(H,18,20). The molecule has 5 heteroatoms. The number of rotatable bonds is 3. The molecular formula is C16H14N2O3. The first kappa shape index (κ1) is 13.2. The summed E-state index contributed by atoms with van der Waals surface area (Å²) in [6, 6.07) is 14.0. The highest BCUT2D eigenvalue weighted by molar-refractivity contribution is 5.99. The number of ether oxygens (including phenoxy) is 1. The SMILES string of the molecule is NC(=O)c1cccc(NC(=O)C2COc3ccccc32)c1. The molecule has 2 aromatic carbocycles. The highest BCUT2D eigenvalue weighted by Gasteiger charge is 2.30. The van der Waals surface area contributed by atoms with Gasteiger partial charge in [-0.1, -0.05) is 24.3 Å². The molecule has 21 heavy (non-hydrogen) atoms. The first-order chi connectivity index (χ1) is 10.1. The van der Waals surface area contributed by atoms with Gasteiger partial charge in [-0.2, -0.15) is 0 Å². The van der Waals surface area contributed by atoms with E-state index in [-0.39, 0.29) is 11.8 Å². The summed E-state index contributed by atoms with van der Waals surface area (Å²) in [5.41, 5.74) is 7.00. The molecule has 3 N–H and O–H groups in total. The second kappa shape index (κ2) is 5.28. The number of fused-ring (bicyclic) bond motifs is 1. The summed E-state index contributed by atoms with van der Waals surface area (Å²) in [5, 5.41) is 2.79. The average Bonchev–Trinajstić information content (AvgIpc) is 2.91. The third kappa shape index (κ3) is 2.58. The fourth-order valence-electron chi connectivity index (χ4n) is 2.36. The molecule has 0 aliphatic carbocycles. The van der Waals surface area contributed by atoms with E-state index in [0.29, 0.717) is 17.9 Å². The van der Waals surface area contributed by atoms with Crippen molar-refractivity contribution in [2.75, 3.05) is 11.9 Å². The molecule has 2 amide bonds. The van der Waals surface area contributed by atoms with E-state index in [4.69, 9.17) is 10.5 Å². The number of para-hydroxylation sites is 1. The van der Waals surface area contributed by atoms with Crippen LogP contribution in [0.1, 0.15) is 21.8 Å². The van der Waals surface area contributed by atoms with E-state index in [2.05, 4.69) is 5.32 Å². The minimum Gasteiger partial charge on any atom is -0.492 e. The van der Waals surface area contributed by atoms with E-state index >= 15 is 0 Å². The molecule has 0 radical (unpaired) electrons. The van der Waals surface area contributed by atoms with Gasteiger partial charge in [-0.05, 0) is 24.3 Å². The van der Waals surface area contributed by atoms with Gasteiger partial charge in [0.15, 0.2) is 0 Å². The highest BCUT2D eigenvalue weighted by Crippen LogP contribution is 2.34. The Hall–Kier alpha value is -2.82. The lowest BCUT2D eigenvalue weighted by atomic mass is 10.0. The zero-order chi connectivity index (χ0) is 14.8. The molecule has 1 aliphatic heterocycles. The summed E-state index contributed by atoms with van der Waals surface area (Å²) in [6.07, 6.45) is 0. The molecule has 0 aromatic heterocycles. The predicted octanol–water partition coefficient (Wildman–Crippen LogP) is 1.90. The monoisotopic (exact) mass is 282 g/mol. The first-order valence-corrected chi connectivity index (χ1v) is 6.57. The maximum absolute atomic E-state index is 12.4. The molecule has 106 valence electrons. The van der Waals surface area contributed by atoms with Crippen molar-refractivity contribution in [3.05, 3.63) is 59.7 Å². The van der Waals surface area contributed by atoms with Crippen LogP contribution in [0.2, 0.25) is 0 Å². The zero-order valence-corrected chi connectivity index (χ0v) is 11.2. The van der Waals surface area contributed by atoms with Gasteiger partial charge < -0.3 is 15.8 Å². The third-order valence-corrected chi connectivity index (χ3v) is 3.43. The molecule has 0 saturated heterocycles. The lowest BCUT2D eigenvalue weighted by Crippen LogP contribution is -2.22. The van der Waals surface area contributed by atoms with Crippen molar-refractivity contribution in [3.8, 4) is 5.75 Å². The molecule has 2 aromatic rings. The molecule has 0 bridgehead atoms. The van der Waals surface area contributed by atoms with Crippen LogP contribution in [0.25, 0.3) is 0 Å². The fraction of sp³-hybridized carbons (Fsp3) is 0.125. The Bertz CT molecular complexity index is 712. The average molecular weight is 282 g/mol. The van der Waals surface area contributed by atoms with E-state index in [9.17, 15) is 9.59 Å². The minimum atomic E-state index is -0.527. The zero-order valence-electron chi connectivity index (χ0n) is 11.2. The molecule has 5 nitrogen and oxygen atoms in total. The Labute approximate surface area is 121 Å². The minimum absolute atomic E-state index is 0.165. The lowest BCUT2D eigenvalue weighted by molar-refractivity contribution is -0.117. The van der Waals surface area contributed by atoms with E-state index in [1.807, 2.05) is 24.3 Å². The molecule has 0 fully saturated rings. The van der Waals surface area contributed by atoms with Gasteiger partial charge in [-0.25, -0.2) is 0 Å². The Balaban J connectivity index is 1.79. The maximum atomic E-state index is 12.4. The maximum Gasteiger partial charge on any atom is 0.248 e. The Morgan fingerprint density at radius 3 is 2.76 bits per heavy atom. The van der Waals surface area contributed by atoms with Crippen molar-refractivity contribution in [3.63, 3.8) is 0 Å². The smallest absolute Gasteiger partial charge is 0.248 e. The van der Waals surface area contributed by atoms with Gasteiger partial charge in [-0.3, -0.25) is 9.59 Å². The number of hydrogen-bond donors (Lipinski definition) is 2. The summed E-state index contributed by atoms with van der Waals surface area (Å²) in [6.45, 7) is 0.320. The van der Waals surface area contributed by atoms with Crippen molar-refractivity contribution in [2.24, 2.45) is 5.73 Å². The van der Waals surface area contributed by atoms with Crippen molar-refractivity contribution in [2.45, 2.75) is 5.92 Å². The quantitative estimate of drug-likeness (QED) is 0.902. The summed E-state index contributed by atoms with van der Waals surface area (Å²) in [4.78, 5) is 23.5. The molecule has 1 unspecified atom stereocenters. The van der Waals surface area contributed by atoms with E-state index in [1.165, 1.54) is 0 Å². The second-order valence-electron chi connectivity index (χ2n) is 4.84. The number of carbonyl (C=O) groups excluding carboxylic acids is 2. The molecular weight excluding hydrogens is 268 g/mol. The highest BCUT2D eigenvalue weighted by atomic mass is 16.5. The number of nitrogens with one attached hydrogen (secondary N) is 1. The van der Waals surface area contributed by atoms with E-state index < -0.39 is 5.91 Å². The van der Waals surface area contributed by atoms with Crippen LogP contribution in [0.4, 0.5) is 5.69 Å². The first-order valence-electron chi connectivity index (χ1n) is 6.57. The van der Waals surface area contributed by atoms with Crippen LogP contribution >= 0.6 is 0 Å². The molecule has 1 aliphatic rings. The fourth-order valence-corrected chi connectivity index (χ4v) is 2.36. The second-order valence-corrected chi connectivity index (χ2v) is 4.84. The molecule has 0 saturated carbocycles. The number of primary amides is 1. The number of carbonyl (C=O) groups is 2. The molecule has 1 heterocycles. The van der Waals surface area contributed by atoms with Crippen LogP contribution in [0.5, 0.6) is 5.75 Å². The van der Waals surface area contributed by atoms with Crippen LogP contribution in [-0.4, -0.2) is 18.4 Å².